The number of aryl methyl sites for hydroxylation is 2. The molecule has 1 aromatic rings. The van der Waals surface area contributed by atoms with Gasteiger partial charge in [-0.3, -0.25) is 9.67 Å². The number of rotatable bonds is 6. The van der Waals surface area contributed by atoms with Crippen molar-refractivity contribution in [3.8, 4) is 0 Å². The number of thioether (sulfide) groups is 1. The van der Waals surface area contributed by atoms with Crippen molar-refractivity contribution in [3.05, 3.63) is 17.0 Å². The highest BCUT2D eigenvalue weighted by Gasteiger charge is 2.24. The number of nitrogens with one attached hydrogen (secondary N) is 2. The zero-order valence-electron chi connectivity index (χ0n) is 15.1. The SMILES string of the molecule is CCc1nn(C)c(CC)c1CNC(=NC)NC1CCC(SC)C1. The average molecular weight is 338 g/mol. The molecule has 0 aliphatic heterocycles. The van der Waals surface area contributed by atoms with Gasteiger partial charge in [-0.05, 0) is 38.4 Å². The van der Waals surface area contributed by atoms with E-state index in [0.29, 0.717) is 6.04 Å². The molecule has 2 rings (SSSR count). The number of aromatic nitrogens is 2. The topological polar surface area (TPSA) is 54.2 Å². The molecule has 1 aromatic heterocycles. The molecule has 5 nitrogen and oxygen atoms in total. The highest BCUT2D eigenvalue weighted by Crippen LogP contribution is 2.28. The lowest BCUT2D eigenvalue weighted by Crippen LogP contribution is -2.42. The molecule has 6 heteroatoms. The molecule has 0 amide bonds. The maximum absolute atomic E-state index is 4.64. The lowest BCUT2D eigenvalue weighted by atomic mass is 10.1. The van der Waals surface area contributed by atoms with Crippen molar-refractivity contribution in [3.63, 3.8) is 0 Å². The minimum atomic E-state index is 0.545. The lowest BCUT2D eigenvalue weighted by Gasteiger charge is -2.17. The maximum atomic E-state index is 4.64. The Morgan fingerprint density at radius 1 is 1.35 bits per heavy atom. The Morgan fingerprint density at radius 2 is 2.13 bits per heavy atom. The van der Waals surface area contributed by atoms with Gasteiger partial charge in [0.1, 0.15) is 0 Å². The first-order valence-electron chi connectivity index (χ1n) is 8.66. The monoisotopic (exact) mass is 337 g/mol. The van der Waals surface area contributed by atoms with Crippen molar-refractivity contribution in [2.24, 2.45) is 12.0 Å². The Labute approximate surface area is 144 Å². The fourth-order valence-corrected chi connectivity index (χ4v) is 4.24. The average Bonchev–Trinajstić information content (AvgIpc) is 3.14. The van der Waals surface area contributed by atoms with E-state index in [9.17, 15) is 0 Å². The van der Waals surface area contributed by atoms with E-state index in [0.717, 1.165) is 30.6 Å². The molecule has 1 aliphatic carbocycles. The molecule has 1 fully saturated rings. The number of hydrogen-bond acceptors (Lipinski definition) is 3. The van der Waals surface area contributed by atoms with Crippen LogP contribution >= 0.6 is 11.8 Å². The summed E-state index contributed by atoms with van der Waals surface area (Å²) < 4.78 is 2.02. The van der Waals surface area contributed by atoms with E-state index in [-0.39, 0.29) is 0 Å². The second-order valence-electron chi connectivity index (χ2n) is 6.14. The first kappa shape index (κ1) is 18.2. The molecule has 2 unspecified atom stereocenters. The molecule has 2 atom stereocenters. The molecular formula is C17H31N5S. The van der Waals surface area contributed by atoms with Crippen molar-refractivity contribution in [1.82, 2.24) is 20.4 Å². The summed E-state index contributed by atoms with van der Waals surface area (Å²) in [5.41, 5.74) is 3.83. The molecule has 0 spiro atoms. The Morgan fingerprint density at radius 3 is 2.70 bits per heavy atom. The number of hydrogen-bond donors (Lipinski definition) is 2. The quantitative estimate of drug-likeness (QED) is 0.618. The predicted octanol–water partition coefficient (Wildman–Crippen LogP) is 2.49. The molecule has 0 aromatic carbocycles. The summed E-state index contributed by atoms with van der Waals surface area (Å²) in [5, 5.41) is 12.5. The van der Waals surface area contributed by atoms with E-state index < -0.39 is 0 Å². The van der Waals surface area contributed by atoms with Crippen molar-refractivity contribution in [2.45, 2.75) is 63.8 Å². The van der Waals surface area contributed by atoms with Gasteiger partial charge in [0.2, 0.25) is 0 Å². The normalized spacial score (nSPS) is 21.7. The molecule has 0 bridgehead atoms. The third-order valence-electron chi connectivity index (χ3n) is 4.74. The Balaban J connectivity index is 1.96. The van der Waals surface area contributed by atoms with Gasteiger partial charge in [-0.2, -0.15) is 16.9 Å². The minimum Gasteiger partial charge on any atom is -0.354 e. The van der Waals surface area contributed by atoms with Crippen LogP contribution in [0.4, 0.5) is 0 Å². The van der Waals surface area contributed by atoms with E-state index in [4.69, 9.17) is 0 Å². The smallest absolute Gasteiger partial charge is 0.191 e. The fraction of sp³-hybridized carbons (Fsp3) is 0.765. The van der Waals surface area contributed by atoms with Crippen LogP contribution < -0.4 is 10.6 Å². The van der Waals surface area contributed by atoms with Crippen LogP contribution in [0.1, 0.15) is 50.1 Å². The maximum Gasteiger partial charge on any atom is 0.191 e. The third kappa shape index (κ3) is 4.43. The van der Waals surface area contributed by atoms with Crippen LogP contribution in [-0.4, -0.2) is 40.3 Å². The number of nitrogens with zero attached hydrogens (tertiary/aromatic N) is 3. The molecule has 2 N–H and O–H groups in total. The van der Waals surface area contributed by atoms with Crippen LogP contribution in [0.2, 0.25) is 0 Å². The summed E-state index contributed by atoms with van der Waals surface area (Å²) in [5.74, 6) is 0.907. The Bertz CT molecular complexity index is 537. The first-order valence-corrected chi connectivity index (χ1v) is 9.95. The van der Waals surface area contributed by atoms with Gasteiger partial charge in [0.05, 0.1) is 5.69 Å². The number of aliphatic imine (C=N–C) groups is 1. The van der Waals surface area contributed by atoms with Crippen LogP contribution in [0.25, 0.3) is 0 Å². The van der Waals surface area contributed by atoms with Gasteiger partial charge >= 0.3 is 0 Å². The van der Waals surface area contributed by atoms with Crippen LogP contribution in [-0.2, 0) is 26.4 Å². The fourth-order valence-electron chi connectivity index (χ4n) is 3.44. The molecule has 0 radical (unpaired) electrons. The third-order valence-corrected chi connectivity index (χ3v) is 5.84. The van der Waals surface area contributed by atoms with Gasteiger partial charge < -0.3 is 10.6 Å². The van der Waals surface area contributed by atoms with Crippen LogP contribution in [0.5, 0.6) is 0 Å². The Kier molecular flexibility index (Phi) is 6.81. The molecular weight excluding hydrogens is 306 g/mol. The van der Waals surface area contributed by atoms with Crippen molar-refractivity contribution in [1.29, 1.82) is 0 Å². The second-order valence-corrected chi connectivity index (χ2v) is 7.28. The van der Waals surface area contributed by atoms with Gasteiger partial charge in [-0.15, -0.1) is 0 Å². The molecule has 1 aliphatic rings. The van der Waals surface area contributed by atoms with Gasteiger partial charge in [0.25, 0.3) is 0 Å². The second kappa shape index (κ2) is 8.62. The minimum absolute atomic E-state index is 0.545. The molecule has 0 saturated heterocycles. The summed E-state index contributed by atoms with van der Waals surface area (Å²) in [6.45, 7) is 5.14. The largest absolute Gasteiger partial charge is 0.354 e. The Hall–Kier alpha value is -1.17. The molecule has 23 heavy (non-hydrogen) atoms. The zero-order chi connectivity index (χ0) is 16.8. The summed E-state index contributed by atoms with van der Waals surface area (Å²) in [4.78, 5) is 4.40. The van der Waals surface area contributed by atoms with E-state index in [1.165, 1.54) is 36.2 Å². The first-order chi connectivity index (χ1) is 11.1. The molecule has 1 heterocycles. The number of guanidine groups is 1. The van der Waals surface area contributed by atoms with Gasteiger partial charge in [0.15, 0.2) is 5.96 Å². The van der Waals surface area contributed by atoms with Gasteiger partial charge in [0, 0.05) is 43.2 Å². The van der Waals surface area contributed by atoms with Crippen LogP contribution in [0.15, 0.2) is 4.99 Å². The van der Waals surface area contributed by atoms with Crippen molar-refractivity contribution < 1.29 is 0 Å². The highest BCUT2D eigenvalue weighted by molar-refractivity contribution is 7.99. The van der Waals surface area contributed by atoms with E-state index in [1.54, 1.807) is 0 Å². The van der Waals surface area contributed by atoms with Crippen molar-refractivity contribution in [2.75, 3.05) is 13.3 Å². The molecule has 1 saturated carbocycles. The van der Waals surface area contributed by atoms with Gasteiger partial charge in [-0.1, -0.05) is 13.8 Å². The van der Waals surface area contributed by atoms with E-state index in [1.807, 2.05) is 30.5 Å². The standard InChI is InChI=1S/C17H31N5S/c1-6-15-14(16(7-2)22(4)21-15)11-19-17(18-3)20-12-8-9-13(10-12)23-5/h12-13H,6-11H2,1-5H3,(H2,18,19,20). The van der Waals surface area contributed by atoms with Crippen LogP contribution in [0.3, 0.4) is 0 Å². The van der Waals surface area contributed by atoms with E-state index >= 15 is 0 Å². The lowest BCUT2D eigenvalue weighted by molar-refractivity contribution is 0.614. The van der Waals surface area contributed by atoms with E-state index in [2.05, 4.69) is 40.8 Å². The summed E-state index contributed by atoms with van der Waals surface area (Å²) in [6, 6.07) is 0.545. The summed E-state index contributed by atoms with van der Waals surface area (Å²) in [7, 11) is 3.89. The van der Waals surface area contributed by atoms with Gasteiger partial charge in [-0.25, -0.2) is 0 Å². The summed E-state index contributed by atoms with van der Waals surface area (Å²) >= 11 is 1.98. The predicted molar refractivity (Wildman–Crippen MR) is 100 cm³/mol. The zero-order valence-corrected chi connectivity index (χ0v) is 16.0. The molecule has 130 valence electrons. The van der Waals surface area contributed by atoms with Crippen LogP contribution in [0, 0.1) is 0 Å². The van der Waals surface area contributed by atoms with Crippen molar-refractivity contribution >= 4 is 17.7 Å². The highest BCUT2D eigenvalue weighted by atomic mass is 32.2. The summed E-state index contributed by atoms with van der Waals surface area (Å²) in [6.07, 6.45) is 7.95.